The zero-order chi connectivity index (χ0) is 22.6. The van der Waals surface area contributed by atoms with Crippen LogP contribution in [0.25, 0.3) is 11.3 Å². The highest BCUT2D eigenvalue weighted by atomic mass is 19.1. The van der Waals surface area contributed by atoms with E-state index in [0.717, 1.165) is 44.2 Å². The van der Waals surface area contributed by atoms with Crippen molar-refractivity contribution in [3.63, 3.8) is 0 Å². The van der Waals surface area contributed by atoms with Crippen LogP contribution in [0.4, 0.5) is 14.6 Å². The molecule has 5 rings (SSSR count). The van der Waals surface area contributed by atoms with Gasteiger partial charge in [-0.15, -0.1) is 0 Å². The average molecular weight is 443 g/mol. The molecule has 0 radical (unpaired) electrons. The Bertz CT molecular complexity index is 1030. The molecular weight excluding hydrogens is 416 g/mol. The number of amides is 1. The van der Waals surface area contributed by atoms with Gasteiger partial charge in [-0.05, 0) is 44.2 Å². The van der Waals surface area contributed by atoms with Crippen molar-refractivity contribution in [2.45, 2.75) is 62.4 Å². The first-order chi connectivity index (χ1) is 15.3. The molecule has 3 aliphatic rings. The first kappa shape index (κ1) is 21.1. The maximum absolute atomic E-state index is 15.2. The highest BCUT2D eigenvalue weighted by Crippen LogP contribution is 2.40. The average Bonchev–Trinajstić information content (AvgIpc) is 3.53. The maximum Gasteiger partial charge on any atom is 0.256 e. The van der Waals surface area contributed by atoms with Gasteiger partial charge in [0.15, 0.2) is 0 Å². The van der Waals surface area contributed by atoms with Crippen molar-refractivity contribution >= 4 is 11.7 Å². The van der Waals surface area contributed by atoms with Gasteiger partial charge in [0.1, 0.15) is 23.6 Å². The Hall–Kier alpha value is -2.81. The van der Waals surface area contributed by atoms with Gasteiger partial charge in [0.25, 0.3) is 5.91 Å². The van der Waals surface area contributed by atoms with Gasteiger partial charge >= 0.3 is 0 Å². The monoisotopic (exact) mass is 443 g/mol. The first-order valence-electron chi connectivity index (χ1n) is 11.1. The number of piperidine rings is 1. The SMILES string of the molecule is CN(C)C(=O)c1cc(O)c(-c2cnc(N(C3CC3)[C@H]3C[C@@H]4CC[C@@H](N4)[C@H]3F)cn2)cc1F. The number of phenolic OH excluding ortho intramolecular Hbond substituents is 1. The minimum Gasteiger partial charge on any atom is -0.507 e. The van der Waals surface area contributed by atoms with Crippen molar-refractivity contribution in [1.82, 2.24) is 20.2 Å². The summed E-state index contributed by atoms with van der Waals surface area (Å²) in [4.78, 5) is 24.3. The molecule has 32 heavy (non-hydrogen) atoms. The number of rotatable bonds is 5. The summed E-state index contributed by atoms with van der Waals surface area (Å²) in [5.41, 5.74) is 0.222. The molecule has 0 unspecified atom stereocenters. The summed E-state index contributed by atoms with van der Waals surface area (Å²) in [5, 5.41) is 13.8. The van der Waals surface area contributed by atoms with Crippen LogP contribution in [-0.4, -0.2) is 70.3 Å². The van der Waals surface area contributed by atoms with E-state index < -0.39 is 17.9 Å². The van der Waals surface area contributed by atoms with Gasteiger partial charge in [0, 0.05) is 37.8 Å². The van der Waals surface area contributed by atoms with Crippen molar-refractivity contribution in [2.24, 2.45) is 0 Å². The zero-order valence-electron chi connectivity index (χ0n) is 18.1. The fraction of sp³-hybridized carbons (Fsp3) is 0.522. The molecule has 1 aromatic carbocycles. The van der Waals surface area contributed by atoms with Crippen LogP contribution in [0.1, 0.15) is 42.5 Å². The van der Waals surface area contributed by atoms with Crippen LogP contribution >= 0.6 is 0 Å². The molecule has 1 amide bonds. The number of hydrogen-bond acceptors (Lipinski definition) is 6. The van der Waals surface area contributed by atoms with Gasteiger partial charge in [0.2, 0.25) is 0 Å². The van der Waals surface area contributed by atoms with Crippen LogP contribution in [0.15, 0.2) is 24.5 Å². The predicted octanol–water partition coefficient (Wildman–Crippen LogP) is 2.89. The molecule has 9 heteroatoms. The summed E-state index contributed by atoms with van der Waals surface area (Å²) >= 11 is 0. The van der Waals surface area contributed by atoms with Crippen LogP contribution in [0.3, 0.4) is 0 Å². The van der Waals surface area contributed by atoms with Crippen LogP contribution in [0.2, 0.25) is 0 Å². The van der Waals surface area contributed by atoms with Gasteiger partial charge in [-0.3, -0.25) is 9.78 Å². The third kappa shape index (κ3) is 3.68. The molecule has 3 heterocycles. The molecule has 1 aromatic heterocycles. The lowest BCUT2D eigenvalue weighted by molar-refractivity contribution is 0.0822. The number of carbonyl (C=O) groups excluding carboxylic acids is 1. The van der Waals surface area contributed by atoms with E-state index in [1.807, 2.05) is 0 Å². The molecule has 170 valence electrons. The van der Waals surface area contributed by atoms with E-state index in [-0.39, 0.29) is 40.7 Å². The van der Waals surface area contributed by atoms with Crippen molar-refractivity contribution in [3.05, 3.63) is 35.9 Å². The Morgan fingerprint density at radius 2 is 1.94 bits per heavy atom. The largest absolute Gasteiger partial charge is 0.507 e. The van der Waals surface area contributed by atoms with Crippen LogP contribution in [-0.2, 0) is 0 Å². The third-order valence-corrected chi connectivity index (χ3v) is 6.75. The number of hydrogen-bond donors (Lipinski definition) is 2. The number of phenols is 1. The minimum atomic E-state index is -0.962. The number of alkyl halides is 1. The number of benzene rings is 1. The Morgan fingerprint density at radius 3 is 2.59 bits per heavy atom. The molecule has 4 atom stereocenters. The number of aromatic hydroxyl groups is 1. The number of fused-ring (bicyclic) bond motifs is 2. The molecule has 2 saturated heterocycles. The summed E-state index contributed by atoms with van der Waals surface area (Å²) in [7, 11) is 3.02. The van der Waals surface area contributed by atoms with Gasteiger partial charge in [-0.1, -0.05) is 0 Å². The topological polar surface area (TPSA) is 81.6 Å². The third-order valence-electron chi connectivity index (χ3n) is 6.75. The molecule has 1 aliphatic carbocycles. The van der Waals surface area contributed by atoms with Crippen molar-refractivity contribution in [2.75, 3.05) is 19.0 Å². The lowest BCUT2D eigenvalue weighted by Crippen LogP contribution is -2.57. The van der Waals surface area contributed by atoms with E-state index in [2.05, 4.69) is 20.2 Å². The fourth-order valence-corrected chi connectivity index (χ4v) is 4.99. The fourth-order valence-electron chi connectivity index (χ4n) is 4.99. The van der Waals surface area contributed by atoms with Crippen LogP contribution in [0.5, 0.6) is 5.75 Å². The summed E-state index contributed by atoms with van der Waals surface area (Å²) in [6, 6.07) is 2.47. The second-order valence-electron chi connectivity index (χ2n) is 9.24. The normalized spacial score (nSPS) is 26.8. The lowest BCUT2D eigenvalue weighted by atomic mass is 9.96. The quantitative estimate of drug-likeness (QED) is 0.740. The number of halogens is 2. The number of anilines is 1. The van der Waals surface area contributed by atoms with E-state index in [4.69, 9.17) is 0 Å². The van der Waals surface area contributed by atoms with E-state index in [0.29, 0.717) is 11.9 Å². The molecular formula is C23H27F2N5O2. The summed E-state index contributed by atoms with van der Waals surface area (Å²) < 4.78 is 29.8. The molecule has 7 nitrogen and oxygen atoms in total. The van der Waals surface area contributed by atoms with E-state index in [1.54, 1.807) is 6.20 Å². The van der Waals surface area contributed by atoms with Crippen molar-refractivity contribution in [3.8, 4) is 17.0 Å². The Morgan fingerprint density at radius 1 is 1.16 bits per heavy atom. The van der Waals surface area contributed by atoms with Gasteiger partial charge < -0.3 is 20.2 Å². The molecule has 0 spiro atoms. The molecule has 3 fully saturated rings. The van der Waals surface area contributed by atoms with Gasteiger partial charge in [-0.2, -0.15) is 0 Å². The van der Waals surface area contributed by atoms with E-state index in [1.165, 1.54) is 25.2 Å². The molecule has 2 bridgehead atoms. The van der Waals surface area contributed by atoms with Crippen LogP contribution in [0, 0.1) is 5.82 Å². The van der Waals surface area contributed by atoms with Gasteiger partial charge in [0.05, 0.1) is 29.7 Å². The smallest absolute Gasteiger partial charge is 0.256 e. The standard InChI is InChI=1S/C23H27F2N5O2/c1-29(2)23(32)14-9-20(31)15(8-16(14)24)18-10-27-21(11-26-18)30(13-4-5-13)19-7-12-3-6-17(28-12)22(19)25/h8-13,17,19,22,28,31H,3-7H2,1-2H3/t12-,17+,19-,22+/m0/s1. The molecule has 2 aromatic rings. The molecule has 2 aliphatic heterocycles. The van der Waals surface area contributed by atoms with Crippen molar-refractivity contribution < 1.29 is 18.7 Å². The van der Waals surface area contributed by atoms with E-state index in [9.17, 15) is 14.3 Å². The maximum atomic E-state index is 15.2. The lowest BCUT2D eigenvalue weighted by Gasteiger charge is -2.41. The Labute approximate surface area is 185 Å². The molecule has 1 saturated carbocycles. The first-order valence-corrected chi connectivity index (χ1v) is 11.1. The molecule has 2 N–H and O–H groups in total. The summed E-state index contributed by atoms with van der Waals surface area (Å²) in [6.07, 6.45) is 6.69. The number of nitrogens with zero attached hydrogens (tertiary/aromatic N) is 4. The highest BCUT2D eigenvalue weighted by molar-refractivity contribution is 5.95. The highest BCUT2D eigenvalue weighted by Gasteiger charge is 2.48. The zero-order valence-corrected chi connectivity index (χ0v) is 18.1. The predicted molar refractivity (Wildman–Crippen MR) is 116 cm³/mol. The number of carbonyl (C=O) groups is 1. The summed E-state index contributed by atoms with van der Waals surface area (Å²) in [5.74, 6) is -0.934. The Balaban J connectivity index is 1.42. The van der Waals surface area contributed by atoms with E-state index >= 15 is 4.39 Å². The van der Waals surface area contributed by atoms with Gasteiger partial charge in [-0.25, -0.2) is 13.8 Å². The second-order valence-corrected chi connectivity index (χ2v) is 9.24. The number of nitrogens with one attached hydrogen (secondary N) is 1. The van der Waals surface area contributed by atoms with Crippen LogP contribution < -0.4 is 10.2 Å². The minimum absolute atomic E-state index is 0.101. The van der Waals surface area contributed by atoms with Crippen molar-refractivity contribution in [1.29, 1.82) is 0 Å². The summed E-state index contributed by atoms with van der Waals surface area (Å²) in [6.45, 7) is 0. The Kier molecular flexibility index (Phi) is 5.23. The number of aromatic nitrogens is 2. The second kappa shape index (κ2) is 7.95.